The minimum Gasteiger partial charge on any atom is -0.480 e. The first-order valence-corrected chi connectivity index (χ1v) is 6.00. The summed E-state index contributed by atoms with van der Waals surface area (Å²) in [6, 6.07) is 3.64. The van der Waals surface area contributed by atoms with Crippen molar-refractivity contribution in [2.45, 2.75) is 25.3 Å². The Morgan fingerprint density at radius 2 is 2.18 bits per heavy atom. The maximum absolute atomic E-state index is 6.13. The van der Waals surface area contributed by atoms with Gasteiger partial charge in [0.2, 0.25) is 5.88 Å². The molecule has 1 aromatic rings. The highest BCUT2D eigenvalue weighted by molar-refractivity contribution is 5.13. The minimum atomic E-state index is -0.0449. The third-order valence-corrected chi connectivity index (χ3v) is 3.18. The fraction of sp³-hybridized carbons (Fsp3) is 0.667. The molecule has 0 radical (unpaired) electrons. The lowest BCUT2D eigenvalue weighted by Gasteiger charge is -2.24. The van der Waals surface area contributed by atoms with Gasteiger partial charge in [0.15, 0.2) is 0 Å². The molecule has 17 heavy (non-hydrogen) atoms. The molecule has 0 aliphatic carbocycles. The second-order valence-corrected chi connectivity index (χ2v) is 4.40. The van der Waals surface area contributed by atoms with Crippen LogP contribution >= 0.6 is 0 Å². The average Bonchev–Trinajstić information content (AvgIpc) is 2.40. The van der Waals surface area contributed by atoms with Crippen molar-refractivity contribution in [3.8, 4) is 5.88 Å². The van der Waals surface area contributed by atoms with Gasteiger partial charge in [0, 0.05) is 25.3 Å². The Hall–Kier alpha value is -1.20. The van der Waals surface area contributed by atoms with E-state index in [2.05, 4.69) is 10.2 Å². The maximum Gasteiger partial charge on any atom is 0.233 e. The number of nitrogens with two attached hydrogens (primary N) is 1. The molecule has 1 atom stereocenters. The van der Waals surface area contributed by atoms with Crippen LogP contribution in [0.25, 0.3) is 0 Å². The lowest BCUT2D eigenvalue weighted by molar-refractivity contribution is 0.0617. The highest BCUT2D eigenvalue weighted by Gasteiger charge is 2.19. The first-order chi connectivity index (χ1) is 8.29. The maximum atomic E-state index is 6.13. The molecule has 0 spiro atoms. The van der Waals surface area contributed by atoms with Crippen molar-refractivity contribution >= 4 is 0 Å². The van der Waals surface area contributed by atoms with Crippen LogP contribution in [0.5, 0.6) is 5.88 Å². The molecule has 0 amide bonds. The Morgan fingerprint density at radius 3 is 2.76 bits per heavy atom. The summed E-state index contributed by atoms with van der Waals surface area (Å²) >= 11 is 0. The van der Waals surface area contributed by atoms with E-state index in [9.17, 15) is 0 Å². The van der Waals surface area contributed by atoms with Crippen LogP contribution in [0, 0.1) is 5.92 Å². The summed E-state index contributed by atoms with van der Waals surface area (Å²) in [7, 11) is 1.58. The minimum absolute atomic E-state index is 0.0449. The summed E-state index contributed by atoms with van der Waals surface area (Å²) in [4.78, 5) is 0. The van der Waals surface area contributed by atoms with Crippen molar-refractivity contribution in [3.05, 3.63) is 17.8 Å². The smallest absolute Gasteiger partial charge is 0.233 e. The molecule has 5 heteroatoms. The molecule has 2 N–H and O–H groups in total. The highest BCUT2D eigenvalue weighted by Crippen LogP contribution is 2.25. The summed E-state index contributed by atoms with van der Waals surface area (Å²) in [6.07, 6.45) is 3.14. The number of hydrogen-bond acceptors (Lipinski definition) is 5. The number of rotatable bonds is 4. The van der Waals surface area contributed by atoms with Gasteiger partial charge in [-0.05, 0) is 31.2 Å². The Bertz CT molecular complexity index is 336. The van der Waals surface area contributed by atoms with Crippen LogP contribution in [-0.2, 0) is 4.74 Å². The van der Waals surface area contributed by atoms with Crippen LogP contribution in [0.15, 0.2) is 12.1 Å². The van der Waals surface area contributed by atoms with E-state index in [0.29, 0.717) is 11.8 Å². The van der Waals surface area contributed by atoms with Crippen LogP contribution < -0.4 is 10.5 Å². The second kappa shape index (κ2) is 5.93. The molecule has 1 saturated heterocycles. The van der Waals surface area contributed by atoms with Gasteiger partial charge in [0.25, 0.3) is 0 Å². The van der Waals surface area contributed by atoms with Gasteiger partial charge in [-0.2, -0.15) is 5.10 Å². The standard InChI is InChI=1S/C12H19N3O2/c1-16-12-3-2-11(14-15-12)10(13)8-9-4-6-17-7-5-9/h2-3,9-10H,4-8,13H2,1H3. The molecule has 2 rings (SSSR count). The largest absolute Gasteiger partial charge is 0.480 e. The number of hydrogen-bond donors (Lipinski definition) is 1. The van der Waals surface area contributed by atoms with Gasteiger partial charge in [-0.1, -0.05) is 0 Å². The normalized spacial score (nSPS) is 18.9. The molecule has 1 aliphatic heterocycles. The lowest BCUT2D eigenvalue weighted by Crippen LogP contribution is -2.22. The zero-order valence-electron chi connectivity index (χ0n) is 10.1. The van der Waals surface area contributed by atoms with Crippen LogP contribution in [0.2, 0.25) is 0 Å². The molecule has 2 heterocycles. The van der Waals surface area contributed by atoms with Crippen molar-refractivity contribution in [1.82, 2.24) is 10.2 Å². The van der Waals surface area contributed by atoms with E-state index in [-0.39, 0.29) is 6.04 Å². The van der Waals surface area contributed by atoms with Gasteiger partial charge < -0.3 is 15.2 Å². The number of ether oxygens (including phenoxy) is 2. The Balaban J connectivity index is 1.91. The number of methoxy groups -OCH3 is 1. The van der Waals surface area contributed by atoms with E-state index >= 15 is 0 Å². The molecule has 1 fully saturated rings. The van der Waals surface area contributed by atoms with Gasteiger partial charge >= 0.3 is 0 Å². The predicted octanol–water partition coefficient (Wildman–Crippen LogP) is 1.30. The quantitative estimate of drug-likeness (QED) is 0.854. The van der Waals surface area contributed by atoms with Crippen molar-refractivity contribution < 1.29 is 9.47 Å². The predicted molar refractivity (Wildman–Crippen MR) is 63.7 cm³/mol. The lowest BCUT2D eigenvalue weighted by atomic mass is 9.91. The van der Waals surface area contributed by atoms with Gasteiger partial charge in [0.1, 0.15) is 0 Å². The van der Waals surface area contributed by atoms with E-state index in [1.54, 1.807) is 13.2 Å². The average molecular weight is 237 g/mol. The second-order valence-electron chi connectivity index (χ2n) is 4.40. The molecular weight excluding hydrogens is 218 g/mol. The number of aromatic nitrogens is 2. The molecule has 94 valence electrons. The molecule has 0 bridgehead atoms. The van der Waals surface area contributed by atoms with Crippen LogP contribution in [0.1, 0.15) is 31.0 Å². The zero-order valence-corrected chi connectivity index (χ0v) is 10.1. The van der Waals surface area contributed by atoms with Crippen LogP contribution in [-0.4, -0.2) is 30.5 Å². The molecule has 1 aromatic heterocycles. The SMILES string of the molecule is COc1ccc(C(N)CC2CCOCC2)nn1. The van der Waals surface area contributed by atoms with Crippen molar-refractivity contribution in [2.75, 3.05) is 20.3 Å². The molecule has 5 nitrogen and oxygen atoms in total. The van der Waals surface area contributed by atoms with E-state index in [1.165, 1.54) is 0 Å². The topological polar surface area (TPSA) is 70.3 Å². The van der Waals surface area contributed by atoms with Crippen molar-refractivity contribution in [1.29, 1.82) is 0 Å². The van der Waals surface area contributed by atoms with E-state index in [4.69, 9.17) is 15.2 Å². The van der Waals surface area contributed by atoms with Crippen molar-refractivity contribution in [3.63, 3.8) is 0 Å². The Labute approximate surface area is 101 Å². The van der Waals surface area contributed by atoms with E-state index in [0.717, 1.165) is 38.2 Å². The third-order valence-electron chi connectivity index (χ3n) is 3.18. The highest BCUT2D eigenvalue weighted by atomic mass is 16.5. The summed E-state index contributed by atoms with van der Waals surface area (Å²) in [5.74, 6) is 1.16. The Kier molecular flexibility index (Phi) is 4.28. The fourth-order valence-electron chi connectivity index (χ4n) is 2.10. The molecule has 0 saturated carbocycles. The first-order valence-electron chi connectivity index (χ1n) is 6.00. The molecule has 1 unspecified atom stereocenters. The van der Waals surface area contributed by atoms with E-state index in [1.807, 2.05) is 6.07 Å². The van der Waals surface area contributed by atoms with Gasteiger partial charge in [-0.15, -0.1) is 5.10 Å². The summed E-state index contributed by atoms with van der Waals surface area (Å²) in [5.41, 5.74) is 6.96. The van der Waals surface area contributed by atoms with Gasteiger partial charge in [0.05, 0.1) is 12.8 Å². The van der Waals surface area contributed by atoms with E-state index < -0.39 is 0 Å². The number of nitrogens with zero attached hydrogens (tertiary/aromatic N) is 2. The Morgan fingerprint density at radius 1 is 1.41 bits per heavy atom. The zero-order chi connectivity index (χ0) is 12.1. The summed E-state index contributed by atoms with van der Waals surface area (Å²) in [6.45, 7) is 1.71. The fourth-order valence-corrected chi connectivity index (χ4v) is 2.10. The molecular formula is C12H19N3O2. The van der Waals surface area contributed by atoms with Gasteiger partial charge in [-0.3, -0.25) is 0 Å². The third kappa shape index (κ3) is 3.38. The van der Waals surface area contributed by atoms with Crippen molar-refractivity contribution in [2.24, 2.45) is 11.7 Å². The van der Waals surface area contributed by atoms with Crippen LogP contribution in [0.4, 0.5) is 0 Å². The van der Waals surface area contributed by atoms with Crippen LogP contribution in [0.3, 0.4) is 0 Å². The molecule has 1 aliphatic rings. The summed E-state index contributed by atoms with van der Waals surface area (Å²) in [5, 5.41) is 8.02. The molecule has 0 aromatic carbocycles. The first kappa shape index (κ1) is 12.3. The summed E-state index contributed by atoms with van der Waals surface area (Å²) < 4.78 is 10.3. The van der Waals surface area contributed by atoms with Gasteiger partial charge in [-0.25, -0.2) is 0 Å². The monoisotopic (exact) mass is 237 g/mol.